The molecule has 0 aliphatic carbocycles. The van der Waals surface area contributed by atoms with E-state index in [1.807, 2.05) is 11.8 Å². The SMILES string of the molecule is CC1CCC(C(N)=O)CN1C(=O)C1(C)CCCCN1. The van der Waals surface area contributed by atoms with Gasteiger partial charge in [-0.15, -0.1) is 0 Å². The van der Waals surface area contributed by atoms with E-state index in [1.165, 1.54) is 0 Å². The van der Waals surface area contributed by atoms with E-state index in [0.717, 1.165) is 38.6 Å². The molecule has 2 aliphatic rings. The minimum Gasteiger partial charge on any atom is -0.369 e. The summed E-state index contributed by atoms with van der Waals surface area (Å²) in [4.78, 5) is 26.0. The number of piperidine rings is 2. The Balaban J connectivity index is 2.09. The van der Waals surface area contributed by atoms with E-state index < -0.39 is 5.54 Å². The van der Waals surface area contributed by atoms with E-state index in [9.17, 15) is 9.59 Å². The number of nitrogens with zero attached hydrogens (tertiary/aromatic N) is 1. The molecule has 0 aromatic rings. The summed E-state index contributed by atoms with van der Waals surface area (Å²) in [6.07, 6.45) is 4.73. The van der Waals surface area contributed by atoms with Crippen molar-refractivity contribution < 1.29 is 9.59 Å². The van der Waals surface area contributed by atoms with Crippen LogP contribution in [0.2, 0.25) is 0 Å². The second-order valence-corrected chi connectivity index (χ2v) is 6.20. The quantitative estimate of drug-likeness (QED) is 0.770. The summed E-state index contributed by atoms with van der Waals surface area (Å²) in [5, 5.41) is 3.35. The van der Waals surface area contributed by atoms with Gasteiger partial charge in [0, 0.05) is 12.6 Å². The van der Waals surface area contributed by atoms with E-state index in [0.29, 0.717) is 6.54 Å². The van der Waals surface area contributed by atoms with Crippen molar-refractivity contribution in [2.45, 2.75) is 57.5 Å². The number of carbonyl (C=O) groups excluding carboxylic acids is 2. The molecule has 108 valence electrons. The fraction of sp³-hybridized carbons (Fsp3) is 0.857. The van der Waals surface area contributed by atoms with Gasteiger partial charge in [0.05, 0.1) is 11.5 Å². The lowest BCUT2D eigenvalue weighted by atomic mass is 9.86. The maximum Gasteiger partial charge on any atom is 0.242 e. The molecule has 0 saturated carbocycles. The van der Waals surface area contributed by atoms with Crippen LogP contribution in [0.5, 0.6) is 0 Å². The first-order valence-electron chi connectivity index (χ1n) is 7.29. The molecule has 3 atom stereocenters. The Morgan fingerprint density at radius 3 is 2.63 bits per heavy atom. The number of amides is 2. The molecular weight excluding hydrogens is 242 g/mol. The average Bonchev–Trinajstić information content (AvgIpc) is 2.39. The van der Waals surface area contributed by atoms with E-state index >= 15 is 0 Å². The minimum absolute atomic E-state index is 0.130. The van der Waals surface area contributed by atoms with Crippen LogP contribution < -0.4 is 11.1 Å². The number of hydrogen-bond acceptors (Lipinski definition) is 3. The number of rotatable bonds is 2. The van der Waals surface area contributed by atoms with E-state index in [2.05, 4.69) is 12.2 Å². The molecule has 2 fully saturated rings. The predicted octanol–water partition coefficient (Wildman–Crippen LogP) is 0.631. The van der Waals surface area contributed by atoms with Crippen LogP contribution in [0.15, 0.2) is 0 Å². The molecule has 2 saturated heterocycles. The monoisotopic (exact) mass is 267 g/mol. The lowest BCUT2D eigenvalue weighted by Gasteiger charge is -2.43. The highest BCUT2D eigenvalue weighted by molar-refractivity contribution is 5.87. The smallest absolute Gasteiger partial charge is 0.242 e. The van der Waals surface area contributed by atoms with Crippen molar-refractivity contribution in [3.05, 3.63) is 0 Å². The Labute approximate surface area is 114 Å². The molecule has 0 spiro atoms. The van der Waals surface area contributed by atoms with Gasteiger partial charge in [-0.1, -0.05) is 0 Å². The maximum atomic E-state index is 12.8. The van der Waals surface area contributed by atoms with Crippen LogP contribution in [-0.4, -0.2) is 41.4 Å². The summed E-state index contributed by atoms with van der Waals surface area (Å²) >= 11 is 0. The Hall–Kier alpha value is -1.10. The van der Waals surface area contributed by atoms with Crippen molar-refractivity contribution in [2.75, 3.05) is 13.1 Å². The van der Waals surface area contributed by atoms with Crippen molar-refractivity contribution in [3.8, 4) is 0 Å². The third kappa shape index (κ3) is 2.91. The zero-order valence-electron chi connectivity index (χ0n) is 11.9. The number of primary amides is 1. The van der Waals surface area contributed by atoms with Crippen LogP contribution in [0.25, 0.3) is 0 Å². The molecular formula is C14H25N3O2. The number of hydrogen-bond donors (Lipinski definition) is 2. The lowest BCUT2D eigenvalue weighted by molar-refractivity contribution is -0.144. The van der Waals surface area contributed by atoms with Crippen molar-refractivity contribution in [3.63, 3.8) is 0 Å². The number of carbonyl (C=O) groups is 2. The fourth-order valence-electron chi connectivity index (χ4n) is 3.18. The van der Waals surface area contributed by atoms with Gasteiger partial charge in [0.2, 0.25) is 11.8 Å². The van der Waals surface area contributed by atoms with Gasteiger partial charge in [-0.2, -0.15) is 0 Å². The second kappa shape index (κ2) is 5.49. The molecule has 2 heterocycles. The molecule has 0 bridgehead atoms. The minimum atomic E-state index is -0.466. The highest BCUT2D eigenvalue weighted by atomic mass is 16.2. The summed E-state index contributed by atoms with van der Waals surface area (Å²) in [6, 6.07) is 0.198. The summed E-state index contributed by atoms with van der Waals surface area (Å²) in [7, 11) is 0. The van der Waals surface area contributed by atoms with Crippen molar-refractivity contribution in [1.82, 2.24) is 10.2 Å². The molecule has 0 radical (unpaired) electrons. The Morgan fingerprint density at radius 1 is 1.32 bits per heavy atom. The summed E-state index contributed by atoms with van der Waals surface area (Å²) < 4.78 is 0. The largest absolute Gasteiger partial charge is 0.369 e. The first kappa shape index (κ1) is 14.3. The first-order valence-corrected chi connectivity index (χ1v) is 7.29. The van der Waals surface area contributed by atoms with E-state index in [-0.39, 0.29) is 23.8 Å². The van der Waals surface area contributed by atoms with Gasteiger partial charge >= 0.3 is 0 Å². The van der Waals surface area contributed by atoms with Gasteiger partial charge in [0.15, 0.2) is 0 Å². The first-order chi connectivity index (χ1) is 8.94. The van der Waals surface area contributed by atoms with E-state index in [4.69, 9.17) is 5.73 Å². The van der Waals surface area contributed by atoms with Crippen LogP contribution in [0.4, 0.5) is 0 Å². The highest BCUT2D eigenvalue weighted by Crippen LogP contribution is 2.27. The standard InChI is InChI=1S/C14H25N3O2/c1-10-5-6-11(12(15)18)9-17(10)13(19)14(2)7-3-4-8-16-14/h10-11,16H,3-9H2,1-2H3,(H2,15,18). The molecule has 2 rings (SSSR count). The zero-order chi connectivity index (χ0) is 14.0. The van der Waals surface area contributed by atoms with Crippen LogP contribution in [0.3, 0.4) is 0 Å². The molecule has 0 aromatic carbocycles. The van der Waals surface area contributed by atoms with Crippen molar-refractivity contribution in [1.29, 1.82) is 0 Å². The molecule has 2 aliphatic heterocycles. The molecule has 0 aromatic heterocycles. The molecule has 3 N–H and O–H groups in total. The third-order valence-electron chi connectivity index (χ3n) is 4.64. The summed E-state index contributed by atoms with van der Waals surface area (Å²) in [5.74, 6) is -0.343. The van der Waals surface area contributed by atoms with Crippen LogP contribution in [0, 0.1) is 5.92 Å². The molecule has 2 amide bonds. The van der Waals surface area contributed by atoms with Gasteiger partial charge in [-0.25, -0.2) is 0 Å². The van der Waals surface area contributed by atoms with Gasteiger partial charge in [0.1, 0.15) is 0 Å². The van der Waals surface area contributed by atoms with Crippen LogP contribution >= 0.6 is 0 Å². The maximum absolute atomic E-state index is 12.8. The Kier molecular flexibility index (Phi) is 4.13. The summed E-state index contributed by atoms with van der Waals surface area (Å²) in [5.41, 5.74) is 4.93. The van der Waals surface area contributed by atoms with E-state index in [1.54, 1.807) is 0 Å². The van der Waals surface area contributed by atoms with Crippen LogP contribution in [0.1, 0.15) is 46.0 Å². The third-order valence-corrected chi connectivity index (χ3v) is 4.64. The Bertz CT molecular complexity index is 364. The van der Waals surface area contributed by atoms with Gasteiger partial charge in [-0.3, -0.25) is 9.59 Å². The predicted molar refractivity (Wildman–Crippen MR) is 73.4 cm³/mol. The Morgan fingerprint density at radius 2 is 2.05 bits per heavy atom. The van der Waals surface area contributed by atoms with Gasteiger partial charge in [0.25, 0.3) is 0 Å². The topological polar surface area (TPSA) is 75.4 Å². The number of nitrogens with two attached hydrogens (primary N) is 1. The summed E-state index contributed by atoms with van der Waals surface area (Å²) in [6.45, 7) is 5.41. The number of likely N-dealkylation sites (tertiary alicyclic amines) is 1. The average molecular weight is 267 g/mol. The molecule has 19 heavy (non-hydrogen) atoms. The molecule has 3 unspecified atom stereocenters. The zero-order valence-corrected chi connectivity index (χ0v) is 11.9. The number of nitrogens with one attached hydrogen (secondary N) is 1. The van der Waals surface area contributed by atoms with Gasteiger partial charge < -0.3 is 16.0 Å². The van der Waals surface area contributed by atoms with Crippen molar-refractivity contribution in [2.24, 2.45) is 11.7 Å². The molecule has 5 heteroatoms. The normalized spacial score (nSPS) is 36.0. The lowest BCUT2D eigenvalue weighted by Crippen LogP contribution is -2.61. The van der Waals surface area contributed by atoms with Crippen LogP contribution in [-0.2, 0) is 9.59 Å². The second-order valence-electron chi connectivity index (χ2n) is 6.20. The van der Waals surface area contributed by atoms with Gasteiger partial charge in [-0.05, 0) is 52.5 Å². The fourth-order valence-corrected chi connectivity index (χ4v) is 3.18. The van der Waals surface area contributed by atoms with Crippen molar-refractivity contribution >= 4 is 11.8 Å². The highest BCUT2D eigenvalue weighted by Gasteiger charge is 2.41. The molecule has 5 nitrogen and oxygen atoms in total.